The van der Waals surface area contributed by atoms with Crippen LogP contribution in [0.15, 0.2) is 127 Å². The van der Waals surface area contributed by atoms with Crippen molar-refractivity contribution in [2.45, 2.75) is 131 Å². The first-order valence-corrected chi connectivity index (χ1v) is 27.6. The topological polar surface area (TPSA) is 148 Å². The predicted molar refractivity (Wildman–Crippen MR) is 286 cm³/mol. The van der Waals surface area contributed by atoms with Crippen LogP contribution in [0.5, 0.6) is 0 Å². The molecule has 0 aromatic heterocycles. The number of ether oxygens (including phenoxy) is 3. The molecule has 0 aliphatic carbocycles. The number of likely N-dealkylation sites (tertiary alicyclic amines) is 3. The van der Waals surface area contributed by atoms with E-state index < -0.39 is 87.4 Å². The highest BCUT2D eigenvalue weighted by Crippen LogP contribution is 2.47. The van der Waals surface area contributed by atoms with Crippen LogP contribution < -0.4 is 5.32 Å². The van der Waals surface area contributed by atoms with Crippen molar-refractivity contribution >= 4 is 17.9 Å². The average Bonchev–Trinajstić information content (AvgIpc) is 1.05. The first kappa shape index (κ1) is 64.3. The predicted octanol–water partition coefficient (Wildman–Crippen LogP) is 14.0. The van der Waals surface area contributed by atoms with E-state index in [0.29, 0.717) is 80.6 Å². The number of alkyl halides is 12. The zero-order valence-corrected chi connectivity index (χ0v) is 46.6. The Hall–Kier alpha value is -7.67. The second kappa shape index (κ2) is 25.3. The number of nitriles is 2. The fraction of sp³-hybridized carbons (Fsp3) is 0.435. The monoisotopic (exact) mass is 1210 g/mol. The second-order valence-corrected chi connectivity index (χ2v) is 22.0. The molecule has 0 radical (unpaired) electrons. The van der Waals surface area contributed by atoms with Crippen LogP contribution in [0.3, 0.4) is 0 Å². The normalized spacial score (nSPS) is 23.7. The van der Waals surface area contributed by atoms with Crippen molar-refractivity contribution < 1.29 is 81.3 Å². The molecule has 458 valence electrons. The molecule has 24 heteroatoms. The Labute approximate surface area is 488 Å². The van der Waals surface area contributed by atoms with E-state index in [0.717, 1.165) is 5.56 Å². The van der Waals surface area contributed by atoms with E-state index in [9.17, 15) is 77.6 Å². The maximum atomic E-state index is 14.1. The van der Waals surface area contributed by atoms with Gasteiger partial charge in [0.2, 0.25) is 11.8 Å². The molecule has 0 spiro atoms. The largest absolute Gasteiger partial charge is 0.445 e. The highest BCUT2D eigenvalue weighted by molar-refractivity contribution is 5.80. The Balaban J connectivity index is 0.000000230. The molecule has 12 nitrogen and oxygen atoms in total. The van der Waals surface area contributed by atoms with Gasteiger partial charge >= 0.3 is 30.8 Å². The molecule has 4 saturated heterocycles. The number of benzene rings is 5. The summed E-state index contributed by atoms with van der Waals surface area (Å²) in [4.78, 5) is 43.7. The molecule has 1 N–H and O–H groups in total. The number of piperidine rings is 2. The summed E-state index contributed by atoms with van der Waals surface area (Å²) in [7, 11) is 0. The molecule has 86 heavy (non-hydrogen) atoms. The molecule has 4 aliphatic heterocycles. The van der Waals surface area contributed by atoms with Gasteiger partial charge in [-0.25, -0.2) is 4.79 Å². The van der Waals surface area contributed by atoms with E-state index in [-0.39, 0.29) is 87.2 Å². The van der Waals surface area contributed by atoms with Crippen LogP contribution in [0.25, 0.3) is 0 Å². The molecular weight excluding hydrogens is 1150 g/mol. The first-order chi connectivity index (χ1) is 40.5. The number of hydrogen-bond acceptors (Lipinski definition) is 9. The fourth-order valence-corrected chi connectivity index (χ4v) is 11.6. The molecule has 4 aliphatic rings. The van der Waals surface area contributed by atoms with Gasteiger partial charge < -0.3 is 29.3 Å². The quantitative estimate of drug-likeness (QED) is 0.107. The Morgan fingerprint density at radius 1 is 0.570 bits per heavy atom. The van der Waals surface area contributed by atoms with Crippen molar-refractivity contribution in [1.29, 1.82) is 10.5 Å². The van der Waals surface area contributed by atoms with Crippen LogP contribution in [0.4, 0.5) is 57.5 Å². The van der Waals surface area contributed by atoms with Gasteiger partial charge in [-0.15, -0.1) is 0 Å². The number of nitrogens with one attached hydrogen (secondary N) is 1. The van der Waals surface area contributed by atoms with Crippen molar-refractivity contribution in [3.63, 3.8) is 0 Å². The molecule has 9 rings (SSSR count). The van der Waals surface area contributed by atoms with E-state index in [4.69, 9.17) is 14.2 Å². The number of hydrogen-bond donors (Lipinski definition) is 1. The minimum absolute atomic E-state index is 0.0500. The molecule has 0 bridgehead atoms. The highest BCUT2D eigenvalue weighted by Gasteiger charge is 2.56. The molecule has 3 amide bonds. The molecule has 0 saturated carbocycles. The smallest absolute Gasteiger partial charge is 0.416 e. The zero-order chi connectivity index (χ0) is 62.5. The molecule has 4 fully saturated rings. The van der Waals surface area contributed by atoms with Crippen molar-refractivity contribution in [2.75, 3.05) is 39.4 Å². The molecule has 5 aromatic carbocycles. The lowest BCUT2D eigenvalue weighted by molar-refractivity contribution is -0.145. The third-order valence-electron chi connectivity index (χ3n) is 16.5. The summed E-state index contributed by atoms with van der Waals surface area (Å²) in [6.45, 7) is 2.85. The minimum Gasteiger partial charge on any atom is -0.445 e. The Morgan fingerprint density at radius 2 is 0.988 bits per heavy atom. The summed E-state index contributed by atoms with van der Waals surface area (Å²) in [5.74, 6) is -0.313. The molecule has 4 heterocycles. The number of nitrogens with zero attached hydrogens (tertiary/aromatic N) is 5. The maximum Gasteiger partial charge on any atom is 0.416 e. The Bertz CT molecular complexity index is 3220. The number of rotatable bonds is 14. The molecule has 6 atom stereocenters. The third kappa shape index (κ3) is 14.1. The van der Waals surface area contributed by atoms with Crippen molar-refractivity contribution in [1.82, 2.24) is 20.0 Å². The van der Waals surface area contributed by atoms with Gasteiger partial charge in [0.15, 0.2) is 0 Å². The van der Waals surface area contributed by atoms with Crippen LogP contribution in [0, 0.1) is 22.7 Å². The number of carbonyl (C=O) groups excluding carboxylic acids is 3. The van der Waals surface area contributed by atoms with E-state index >= 15 is 0 Å². The van der Waals surface area contributed by atoms with E-state index in [1.807, 2.05) is 18.2 Å². The fourth-order valence-electron chi connectivity index (χ4n) is 11.6. The lowest BCUT2D eigenvalue weighted by atomic mass is 9.74. The van der Waals surface area contributed by atoms with E-state index in [2.05, 4.69) is 17.5 Å². The van der Waals surface area contributed by atoms with Gasteiger partial charge in [0.05, 0.1) is 77.4 Å². The summed E-state index contributed by atoms with van der Waals surface area (Å²) < 4.78 is 180. The van der Waals surface area contributed by atoms with Crippen LogP contribution in [0.1, 0.15) is 127 Å². The molecule has 0 unspecified atom stereocenters. The standard InChI is InChI=1S/C35H33F6N3O4.C27H27F6N3O2/c1-24(26-17-28(34(36,37)38)19-29(18-26)35(39,40)41)48-23-33(27-11-6-3-7-12-27)15-14-32(21-42,43-16-8-13-30(43)45)22-44(33)31(46)47-20-25-9-4-2-5-10-25;1-18(19-12-21(26(28,29)30)14-22(13-19)27(31,32)33)38-17-25(20-6-3-2-4-7-20)10-9-24(15-34,16-35-25)36-11-5-8-23(36)37/h2-7,9-12,17-19,24H,8,13-16,20,22-23H2,1H3;2-4,6-7,12-14,18,35H,5,8-11,16-17H2,1H3/t24-,32-,33-;18-,24-,25-/m11/s1. The second-order valence-electron chi connectivity index (χ2n) is 22.0. The van der Waals surface area contributed by atoms with Gasteiger partial charge in [0.1, 0.15) is 17.7 Å². The summed E-state index contributed by atoms with van der Waals surface area (Å²) >= 11 is 0. The summed E-state index contributed by atoms with van der Waals surface area (Å²) in [5, 5.41) is 23.9. The first-order valence-electron chi connectivity index (χ1n) is 27.6. The number of carbonyl (C=O) groups is 3. The molecule has 5 aromatic rings. The van der Waals surface area contributed by atoms with Gasteiger partial charge in [0.25, 0.3) is 0 Å². The lowest BCUT2D eigenvalue weighted by Crippen LogP contribution is -2.66. The summed E-state index contributed by atoms with van der Waals surface area (Å²) in [6, 6.07) is 33.8. The molecular formula is C62H60F12N6O6. The van der Waals surface area contributed by atoms with E-state index in [1.165, 1.54) is 23.6 Å². The van der Waals surface area contributed by atoms with Gasteiger partial charge in [-0.1, -0.05) is 91.0 Å². The van der Waals surface area contributed by atoms with Gasteiger partial charge in [-0.2, -0.15) is 63.2 Å². The average molecular weight is 1210 g/mol. The van der Waals surface area contributed by atoms with Crippen LogP contribution in [0.2, 0.25) is 0 Å². The number of halogens is 12. The van der Waals surface area contributed by atoms with Crippen LogP contribution in [-0.4, -0.2) is 83.1 Å². The zero-order valence-electron chi connectivity index (χ0n) is 46.6. The summed E-state index contributed by atoms with van der Waals surface area (Å²) in [5.41, 5.74) is -9.01. The Morgan fingerprint density at radius 3 is 1.40 bits per heavy atom. The van der Waals surface area contributed by atoms with Crippen LogP contribution >= 0.6 is 0 Å². The lowest BCUT2D eigenvalue weighted by Gasteiger charge is -2.53. The number of amides is 3. The SMILES string of the molecule is C[C@@H](OC[C@@]1(c2ccccc2)CC[C@](C#N)(N2CCCC2=O)CN1)c1cc(C(F)(F)F)cc(C(F)(F)F)c1.C[C@@H](OC[C@@]1(c2ccccc2)CC[C@](C#N)(N2CCCC2=O)CN1C(=O)OCc1ccccc1)c1cc(C(F)(F)F)cc(C(F)(F)F)c1. The maximum absolute atomic E-state index is 14.1. The minimum atomic E-state index is -5.04. The summed E-state index contributed by atoms with van der Waals surface area (Å²) in [6.07, 6.45) is -20.5. The van der Waals surface area contributed by atoms with Gasteiger partial charge in [-0.3, -0.25) is 14.5 Å². The van der Waals surface area contributed by atoms with Crippen LogP contribution in [-0.2, 0) is 66.2 Å². The van der Waals surface area contributed by atoms with E-state index in [1.54, 1.807) is 77.7 Å². The van der Waals surface area contributed by atoms with Gasteiger partial charge in [-0.05, 0) is 117 Å². The van der Waals surface area contributed by atoms with Crippen molar-refractivity contribution in [3.8, 4) is 12.1 Å². The van der Waals surface area contributed by atoms with Crippen molar-refractivity contribution in [2.24, 2.45) is 0 Å². The van der Waals surface area contributed by atoms with Gasteiger partial charge in [0, 0.05) is 32.5 Å². The third-order valence-corrected chi connectivity index (χ3v) is 16.5. The highest BCUT2D eigenvalue weighted by atomic mass is 19.4. The Kier molecular flexibility index (Phi) is 19.0. The van der Waals surface area contributed by atoms with Crippen molar-refractivity contribution in [3.05, 3.63) is 177 Å².